The van der Waals surface area contributed by atoms with Crippen LogP contribution in [0.5, 0.6) is 0 Å². The lowest BCUT2D eigenvalue weighted by molar-refractivity contribution is 0.0953. The highest BCUT2D eigenvalue weighted by Gasteiger charge is 2.15. The molecule has 1 aromatic carbocycles. The summed E-state index contributed by atoms with van der Waals surface area (Å²) >= 11 is 0. The van der Waals surface area contributed by atoms with Gasteiger partial charge in [-0.2, -0.15) is 0 Å². The minimum absolute atomic E-state index is 0.0728. The van der Waals surface area contributed by atoms with Crippen molar-refractivity contribution in [2.75, 3.05) is 19.6 Å². The van der Waals surface area contributed by atoms with Gasteiger partial charge in [-0.25, -0.2) is 13.1 Å². The van der Waals surface area contributed by atoms with Crippen LogP contribution < -0.4 is 15.4 Å². The molecule has 0 radical (unpaired) electrons. The van der Waals surface area contributed by atoms with E-state index in [0.29, 0.717) is 18.2 Å². The first-order chi connectivity index (χ1) is 12.5. The smallest absolute Gasteiger partial charge is 0.251 e. The molecule has 2 rings (SSSR count). The SMILES string of the molecule is C=CCNS(=O)(=O)c1cccc(C(=O)NCCNC2CCCCCC2)c1. The zero-order chi connectivity index (χ0) is 18.8. The molecule has 1 fully saturated rings. The van der Waals surface area contributed by atoms with Crippen molar-refractivity contribution in [2.45, 2.75) is 49.5 Å². The number of carbonyl (C=O) groups excluding carboxylic acids is 1. The Kier molecular flexibility index (Phi) is 8.28. The molecule has 0 spiro atoms. The second-order valence-electron chi connectivity index (χ2n) is 6.57. The van der Waals surface area contributed by atoms with Gasteiger partial charge in [0.25, 0.3) is 5.91 Å². The number of hydrogen-bond acceptors (Lipinski definition) is 4. The van der Waals surface area contributed by atoms with E-state index in [-0.39, 0.29) is 17.3 Å². The van der Waals surface area contributed by atoms with Gasteiger partial charge < -0.3 is 10.6 Å². The van der Waals surface area contributed by atoms with E-state index in [9.17, 15) is 13.2 Å². The van der Waals surface area contributed by atoms with Crippen molar-refractivity contribution in [3.63, 3.8) is 0 Å². The fourth-order valence-corrected chi connectivity index (χ4v) is 4.14. The number of rotatable bonds is 9. The highest BCUT2D eigenvalue weighted by Crippen LogP contribution is 2.16. The lowest BCUT2D eigenvalue weighted by Gasteiger charge is -2.16. The molecule has 0 aromatic heterocycles. The Balaban J connectivity index is 1.83. The number of sulfonamides is 1. The van der Waals surface area contributed by atoms with Crippen LogP contribution in [0.3, 0.4) is 0 Å². The summed E-state index contributed by atoms with van der Waals surface area (Å²) in [4.78, 5) is 12.3. The minimum Gasteiger partial charge on any atom is -0.351 e. The molecule has 0 heterocycles. The summed E-state index contributed by atoms with van der Waals surface area (Å²) in [5.41, 5.74) is 0.334. The second-order valence-corrected chi connectivity index (χ2v) is 8.33. The molecule has 1 aromatic rings. The first-order valence-corrected chi connectivity index (χ1v) is 10.7. The van der Waals surface area contributed by atoms with E-state index >= 15 is 0 Å². The molecule has 0 atom stereocenters. The van der Waals surface area contributed by atoms with Crippen LogP contribution in [0.4, 0.5) is 0 Å². The molecular weight excluding hydrogens is 350 g/mol. The zero-order valence-corrected chi connectivity index (χ0v) is 16.0. The number of amides is 1. The lowest BCUT2D eigenvalue weighted by atomic mass is 10.1. The van der Waals surface area contributed by atoms with Crippen molar-refractivity contribution in [3.05, 3.63) is 42.5 Å². The van der Waals surface area contributed by atoms with Gasteiger partial charge in [0.1, 0.15) is 0 Å². The monoisotopic (exact) mass is 379 g/mol. The Morgan fingerprint density at radius 3 is 2.58 bits per heavy atom. The summed E-state index contributed by atoms with van der Waals surface area (Å²) in [6, 6.07) is 6.58. The standard InChI is InChI=1S/C19H29N3O3S/c1-2-12-22-26(24,25)18-11-7-8-16(15-18)19(23)21-14-13-20-17-9-5-3-4-6-10-17/h2,7-8,11,15,17,20,22H,1,3-6,9-10,12-14H2,(H,21,23). The third-order valence-corrected chi connectivity index (χ3v) is 5.94. The van der Waals surface area contributed by atoms with Crippen molar-refractivity contribution in [1.82, 2.24) is 15.4 Å². The molecule has 0 saturated heterocycles. The molecule has 0 unspecified atom stereocenters. The van der Waals surface area contributed by atoms with Crippen LogP contribution >= 0.6 is 0 Å². The molecule has 1 saturated carbocycles. The fourth-order valence-electron chi connectivity index (χ4n) is 3.09. The van der Waals surface area contributed by atoms with E-state index in [2.05, 4.69) is 21.9 Å². The van der Waals surface area contributed by atoms with Gasteiger partial charge in [-0.15, -0.1) is 6.58 Å². The second kappa shape index (κ2) is 10.4. The molecule has 0 aliphatic heterocycles. The largest absolute Gasteiger partial charge is 0.351 e. The van der Waals surface area contributed by atoms with Gasteiger partial charge in [0, 0.05) is 31.2 Å². The van der Waals surface area contributed by atoms with Crippen molar-refractivity contribution in [2.24, 2.45) is 0 Å². The van der Waals surface area contributed by atoms with Crippen molar-refractivity contribution >= 4 is 15.9 Å². The summed E-state index contributed by atoms with van der Waals surface area (Å²) in [6.45, 7) is 4.86. The molecule has 1 aliphatic carbocycles. The van der Waals surface area contributed by atoms with Crippen LogP contribution in [0.1, 0.15) is 48.9 Å². The highest BCUT2D eigenvalue weighted by molar-refractivity contribution is 7.89. The Bertz CT molecular complexity index is 696. The molecule has 3 N–H and O–H groups in total. The van der Waals surface area contributed by atoms with Gasteiger partial charge in [0.05, 0.1) is 4.90 Å². The molecule has 1 aliphatic rings. The quantitative estimate of drug-likeness (QED) is 0.349. The van der Waals surface area contributed by atoms with Crippen LogP contribution in [0.2, 0.25) is 0 Å². The predicted octanol–water partition coefficient (Wildman–Crippen LogP) is 2.19. The van der Waals surface area contributed by atoms with Crippen LogP contribution in [0, 0.1) is 0 Å². The molecule has 1 amide bonds. The normalized spacial score (nSPS) is 16.0. The van der Waals surface area contributed by atoms with Crippen molar-refractivity contribution in [3.8, 4) is 0 Å². The Morgan fingerprint density at radius 1 is 1.15 bits per heavy atom. The van der Waals surface area contributed by atoms with E-state index in [1.54, 1.807) is 12.1 Å². The summed E-state index contributed by atoms with van der Waals surface area (Å²) in [5.74, 6) is -0.270. The minimum atomic E-state index is -3.64. The molecule has 144 valence electrons. The topological polar surface area (TPSA) is 87.3 Å². The first kappa shape index (κ1) is 20.6. The zero-order valence-electron chi connectivity index (χ0n) is 15.2. The maximum absolute atomic E-state index is 12.3. The fraction of sp³-hybridized carbons (Fsp3) is 0.526. The Labute approximate surface area is 156 Å². The van der Waals surface area contributed by atoms with E-state index in [0.717, 1.165) is 6.54 Å². The van der Waals surface area contributed by atoms with Gasteiger partial charge in [-0.1, -0.05) is 37.8 Å². The maximum Gasteiger partial charge on any atom is 0.251 e. The first-order valence-electron chi connectivity index (χ1n) is 9.25. The summed E-state index contributed by atoms with van der Waals surface area (Å²) < 4.78 is 26.7. The number of carbonyl (C=O) groups is 1. The highest BCUT2D eigenvalue weighted by atomic mass is 32.2. The molecule has 7 heteroatoms. The van der Waals surface area contributed by atoms with Crippen LogP contribution in [-0.4, -0.2) is 40.0 Å². The van der Waals surface area contributed by atoms with Crippen molar-refractivity contribution < 1.29 is 13.2 Å². The third-order valence-electron chi connectivity index (χ3n) is 4.52. The average Bonchev–Trinajstić information content (AvgIpc) is 2.92. The van der Waals surface area contributed by atoms with Gasteiger partial charge in [0.2, 0.25) is 10.0 Å². The summed E-state index contributed by atoms with van der Waals surface area (Å²) in [5, 5.41) is 6.34. The Morgan fingerprint density at radius 2 is 1.88 bits per heavy atom. The lowest BCUT2D eigenvalue weighted by Crippen LogP contribution is -2.37. The predicted molar refractivity (Wildman–Crippen MR) is 104 cm³/mol. The van der Waals surface area contributed by atoms with Crippen LogP contribution in [-0.2, 0) is 10.0 Å². The van der Waals surface area contributed by atoms with E-state index < -0.39 is 10.0 Å². The Hall–Kier alpha value is -1.70. The van der Waals surface area contributed by atoms with E-state index in [1.165, 1.54) is 56.7 Å². The maximum atomic E-state index is 12.3. The average molecular weight is 380 g/mol. The van der Waals surface area contributed by atoms with Crippen LogP contribution in [0.25, 0.3) is 0 Å². The van der Waals surface area contributed by atoms with Gasteiger partial charge >= 0.3 is 0 Å². The van der Waals surface area contributed by atoms with Crippen molar-refractivity contribution in [1.29, 1.82) is 0 Å². The summed E-state index contributed by atoms with van der Waals surface area (Å²) in [7, 11) is -3.64. The number of hydrogen-bond donors (Lipinski definition) is 3. The van der Waals surface area contributed by atoms with Crippen LogP contribution in [0.15, 0.2) is 41.8 Å². The van der Waals surface area contributed by atoms with E-state index in [4.69, 9.17) is 0 Å². The molecule has 6 nitrogen and oxygen atoms in total. The molecule has 0 bridgehead atoms. The third kappa shape index (κ3) is 6.55. The number of nitrogens with one attached hydrogen (secondary N) is 3. The summed E-state index contributed by atoms with van der Waals surface area (Å²) in [6.07, 6.45) is 9.04. The molecular formula is C19H29N3O3S. The van der Waals surface area contributed by atoms with Gasteiger partial charge in [-0.05, 0) is 31.0 Å². The van der Waals surface area contributed by atoms with Gasteiger partial charge in [0.15, 0.2) is 0 Å². The molecule has 26 heavy (non-hydrogen) atoms. The van der Waals surface area contributed by atoms with E-state index in [1.807, 2.05) is 0 Å². The number of benzene rings is 1. The van der Waals surface area contributed by atoms with Gasteiger partial charge in [-0.3, -0.25) is 4.79 Å².